The third kappa shape index (κ3) is 3.35. The molecular formula is C15H20OS. The topological polar surface area (TPSA) is 17.1 Å². The highest BCUT2D eigenvalue weighted by Gasteiger charge is 2.22. The molecule has 0 bridgehead atoms. The normalized spacial score (nSPS) is 19.8. The molecule has 0 aromatic heterocycles. The van der Waals surface area contributed by atoms with E-state index in [2.05, 4.69) is 38.1 Å². The van der Waals surface area contributed by atoms with Crippen LogP contribution in [-0.2, 0) is 11.2 Å². The number of thioether (sulfide) groups is 1. The lowest BCUT2D eigenvalue weighted by Gasteiger charge is -2.09. The minimum absolute atomic E-state index is 0.264. The molecule has 2 heteroatoms. The second-order valence-electron chi connectivity index (χ2n) is 5.04. The van der Waals surface area contributed by atoms with E-state index in [0.29, 0.717) is 18.1 Å². The smallest absolute Gasteiger partial charge is 0.150 e. The van der Waals surface area contributed by atoms with Crippen LogP contribution in [0, 0.1) is 0 Å². The molecule has 92 valence electrons. The fraction of sp³-hybridized carbons (Fsp3) is 0.533. The standard InChI is InChI=1S/C15H20OS/c1-11(2)13-7-5-12(6-8-13)10-14(16)15-4-3-9-17-15/h5-8,11,15H,3-4,9-10H2,1-2H3. The monoisotopic (exact) mass is 248 g/mol. The number of Topliss-reactive ketones (excluding diaryl/α,β-unsaturated/α-hetero) is 1. The molecule has 1 heterocycles. The number of rotatable bonds is 4. The number of ketones is 1. The van der Waals surface area contributed by atoms with Gasteiger partial charge in [0.2, 0.25) is 0 Å². The molecule has 0 spiro atoms. The third-order valence-corrected chi connectivity index (χ3v) is 4.74. The number of carbonyl (C=O) groups is 1. The fourth-order valence-corrected chi connectivity index (χ4v) is 3.39. The number of carbonyl (C=O) groups excluding carboxylic acids is 1. The molecule has 17 heavy (non-hydrogen) atoms. The summed E-state index contributed by atoms with van der Waals surface area (Å²) in [5.74, 6) is 2.12. The molecule has 1 aromatic rings. The molecule has 1 saturated heterocycles. The zero-order valence-corrected chi connectivity index (χ0v) is 11.4. The van der Waals surface area contributed by atoms with Gasteiger partial charge in [-0.2, -0.15) is 11.8 Å². The van der Waals surface area contributed by atoms with Crippen LogP contribution in [0.2, 0.25) is 0 Å². The molecule has 0 aliphatic carbocycles. The molecule has 1 unspecified atom stereocenters. The van der Waals surface area contributed by atoms with Crippen molar-refractivity contribution >= 4 is 17.5 Å². The summed E-state index contributed by atoms with van der Waals surface area (Å²) in [5, 5.41) is 0.264. The minimum Gasteiger partial charge on any atom is -0.298 e. The molecule has 1 aliphatic heterocycles. The van der Waals surface area contributed by atoms with Crippen molar-refractivity contribution in [3.63, 3.8) is 0 Å². The highest BCUT2D eigenvalue weighted by molar-refractivity contribution is 8.00. The average Bonchev–Trinajstić information content (AvgIpc) is 2.83. The highest BCUT2D eigenvalue weighted by atomic mass is 32.2. The first-order chi connectivity index (χ1) is 8.16. The van der Waals surface area contributed by atoms with Crippen molar-refractivity contribution in [2.45, 2.75) is 44.3 Å². The maximum Gasteiger partial charge on any atom is 0.150 e. The van der Waals surface area contributed by atoms with Gasteiger partial charge in [0.1, 0.15) is 5.78 Å². The highest BCUT2D eigenvalue weighted by Crippen LogP contribution is 2.27. The average molecular weight is 248 g/mol. The SMILES string of the molecule is CC(C)c1ccc(CC(=O)C2CCCS2)cc1. The van der Waals surface area contributed by atoms with Gasteiger partial charge in [0.25, 0.3) is 0 Å². The molecule has 1 aliphatic rings. The first kappa shape index (κ1) is 12.7. The zero-order chi connectivity index (χ0) is 12.3. The molecule has 0 radical (unpaired) electrons. The van der Waals surface area contributed by atoms with Crippen LogP contribution in [0.5, 0.6) is 0 Å². The minimum atomic E-state index is 0.264. The largest absolute Gasteiger partial charge is 0.298 e. The Morgan fingerprint density at radius 3 is 2.59 bits per heavy atom. The van der Waals surface area contributed by atoms with Gasteiger partial charge in [0.05, 0.1) is 5.25 Å². The van der Waals surface area contributed by atoms with E-state index in [-0.39, 0.29) is 5.25 Å². The predicted molar refractivity (Wildman–Crippen MR) is 74.7 cm³/mol. The van der Waals surface area contributed by atoms with E-state index in [4.69, 9.17) is 0 Å². The second kappa shape index (κ2) is 5.72. The number of hydrogen-bond donors (Lipinski definition) is 0. The zero-order valence-electron chi connectivity index (χ0n) is 10.6. The molecule has 1 aromatic carbocycles. The second-order valence-corrected chi connectivity index (χ2v) is 6.35. The molecule has 1 nitrogen and oxygen atoms in total. The van der Waals surface area contributed by atoms with Crippen molar-refractivity contribution in [2.75, 3.05) is 5.75 Å². The van der Waals surface area contributed by atoms with Crippen LogP contribution >= 0.6 is 11.8 Å². The maximum atomic E-state index is 12.0. The van der Waals surface area contributed by atoms with Gasteiger partial charge in [-0.05, 0) is 35.6 Å². The van der Waals surface area contributed by atoms with Crippen molar-refractivity contribution in [2.24, 2.45) is 0 Å². The first-order valence-corrected chi connectivity index (χ1v) is 7.45. The lowest BCUT2D eigenvalue weighted by molar-refractivity contribution is -0.117. The predicted octanol–water partition coefficient (Wildman–Crippen LogP) is 3.82. The Morgan fingerprint density at radius 1 is 1.35 bits per heavy atom. The number of benzene rings is 1. The van der Waals surface area contributed by atoms with Gasteiger partial charge in [-0.1, -0.05) is 38.1 Å². The van der Waals surface area contributed by atoms with Crippen LogP contribution in [0.25, 0.3) is 0 Å². The molecule has 0 N–H and O–H groups in total. The summed E-state index contributed by atoms with van der Waals surface area (Å²) in [6.07, 6.45) is 2.89. The number of hydrogen-bond acceptors (Lipinski definition) is 2. The summed E-state index contributed by atoms with van der Waals surface area (Å²) in [4.78, 5) is 12.0. The van der Waals surface area contributed by atoms with Crippen LogP contribution in [-0.4, -0.2) is 16.8 Å². The van der Waals surface area contributed by atoms with Crippen molar-refractivity contribution in [1.82, 2.24) is 0 Å². The van der Waals surface area contributed by atoms with Gasteiger partial charge in [-0.15, -0.1) is 0 Å². The van der Waals surface area contributed by atoms with Gasteiger partial charge >= 0.3 is 0 Å². The summed E-state index contributed by atoms with van der Waals surface area (Å²) in [6, 6.07) is 8.50. The Labute approximate surface area is 108 Å². The molecule has 2 rings (SSSR count). The van der Waals surface area contributed by atoms with E-state index in [1.165, 1.54) is 12.0 Å². The Balaban J connectivity index is 1.96. The summed E-state index contributed by atoms with van der Waals surface area (Å²) in [5.41, 5.74) is 2.50. The summed E-state index contributed by atoms with van der Waals surface area (Å²) in [6.45, 7) is 4.38. The molecular weight excluding hydrogens is 228 g/mol. The van der Waals surface area contributed by atoms with E-state index in [9.17, 15) is 4.79 Å². The quantitative estimate of drug-likeness (QED) is 0.806. The van der Waals surface area contributed by atoms with Crippen LogP contribution in [0.1, 0.15) is 43.7 Å². The molecule has 1 fully saturated rings. The van der Waals surface area contributed by atoms with E-state index in [1.807, 2.05) is 11.8 Å². The van der Waals surface area contributed by atoms with Gasteiger partial charge in [-0.3, -0.25) is 4.79 Å². The van der Waals surface area contributed by atoms with E-state index < -0.39 is 0 Å². The Morgan fingerprint density at radius 2 is 2.06 bits per heavy atom. The van der Waals surface area contributed by atoms with Crippen LogP contribution < -0.4 is 0 Å². The van der Waals surface area contributed by atoms with Gasteiger partial charge in [0.15, 0.2) is 0 Å². The van der Waals surface area contributed by atoms with Gasteiger partial charge in [-0.25, -0.2) is 0 Å². The van der Waals surface area contributed by atoms with E-state index in [1.54, 1.807) is 0 Å². The van der Waals surface area contributed by atoms with Crippen molar-refractivity contribution in [3.05, 3.63) is 35.4 Å². The van der Waals surface area contributed by atoms with E-state index in [0.717, 1.165) is 17.7 Å². The van der Waals surface area contributed by atoms with Crippen LogP contribution in [0.3, 0.4) is 0 Å². The summed E-state index contributed by atoms with van der Waals surface area (Å²) < 4.78 is 0. The fourth-order valence-electron chi connectivity index (χ4n) is 2.17. The third-order valence-electron chi connectivity index (χ3n) is 3.31. The lowest BCUT2D eigenvalue weighted by atomic mass is 9.99. The van der Waals surface area contributed by atoms with Crippen LogP contribution in [0.15, 0.2) is 24.3 Å². The van der Waals surface area contributed by atoms with Gasteiger partial charge < -0.3 is 0 Å². The maximum absolute atomic E-state index is 12.0. The Kier molecular flexibility index (Phi) is 4.27. The summed E-state index contributed by atoms with van der Waals surface area (Å²) >= 11 is 1.83. The van der Waals surface area contributed by atoms with Crippen molar-refractivity contribution in [3.8, 4) is 0 Å². The summed E-state index contributed by atoms with van der Waals surface area (Å²) in [7, 11) is 0. The van der Waals surface area contributed by atoms with E-state index >= 15 is 0 Å². The molecule has 0 saturated carbocycles. The Bertz CT molecular complexity index is 374. The Hall–Kier alpha value is -0.760. The molecule has 1 atom stereocenters. The van der Waals surface area contributed by atoms with Crippen LogP contribution in [0.4, 0.5) is 0 Å². The van der Waals surface area contributed by atoms with Crippen molar-refractivity contribution < 1.29 is 4.79 Å². The van der Waals surface area contributed by atoms with Gasteiger partial charge in [0, 0.05) is 6.42 Å². The lowest BCUT2D eigenvalue weighted by Crippen LogP contribution is -2.16. The first-order valence-electron chi connectivity index (χ1n) is 6.40. The van der Waals surface area contributed by atoms with Crippen molar-refractivity contribution in [1.29, 1.82) is 0 Å². The molecule has 0 amide bonds.